The summed E-state index contributed by atoms with van der Waals surface area (Å²) < 4.78 is 7.62. The number of phenols is 1. The molecule has 1 N–H and O–H groups in total. The maximum Gasteiger partial charge on any atom is 0.267 e. The van der Waals surface area contributed by atoms with Crippen molar-refractivity contribution in [1.29, 1.82) is 0 Å². The molecule has 0 unspecified atom stereocenters. The lowest BCUT2D eigenvalue weighted by Crippen LogP contribution is -2.23. The molecular formula is C25H26N2O3S2. The molecule has 0 aliphatic heterocycles. The summed E-state index contributed by atoms with van der Waals surface area (Å²) in [7, 11) is 0. The molecule has 7 heteroatoms. The molecule has 0 aliphatic rings. The molecule has 0 radical (unpaired) electrons. The number of thiophene rings is 1. The van der Waals surface area contributed by atoms with E-state index >= 15 is 0 Å². The highest BCUT2D eigenvalue weighted by Gasteiger charge is 2.20. The summed E-state index contributed by atoms with van der Waals surface area (Å²) in [6.45, 7) is 8.52. The Kier molecular flexibility index (Phi) is 6.58. The summed E-state index contributed by atoms with van der Waals surface area (Å²) in [4.78, 5) is 20.5. The Morgan fingerprint density at radius 3 is 2.62 bits per heavy atom. The van der Waals surface area contributed by atoms with Gasteiger partial charge in [0.1, 0.15) is 16.3 Å². The number of phenolic OH excluding ortho intramolecular Hbond substituents is 1. The van der Waals surface area contributed by atoms with Crippen LogP contribution in [0, 0.1) is 20.8 Å². The van der Waals surface area contributed by atoms with Crippen molar-refractivity contribution in [2.75, 3.05) is 12.4 Å². The zero-order chi connectivity index (χ0) is 22.8. The fraction of sp³-hybridized carbons (Fsp3) is 0.280. The van der Waals surface area contributed by atoms with E-state index in [1.807, 2.05) is 45.0 Å². The van der Waals surface area contributed by atoms with Crippen molar-refractivity contribution in [1.82, 2.24) is 9.55 Å². The standard InChI is InChI=1S/C25H26N2O3S2/c1-5-19-17(4)32-23-22(19)24(29)27(20-11-10-18(28)14-16(20)3)25(26-23)31-13-12-30-21-9-7-6-8-15(21)2/h6-11,14,28H,5,12-13H2,1-4H3. The number of thioether (sulfide) groups is 1. The third kappa shape index (κ3) is 4.27. The van der Waals surface area contributed by atoms with E-state index in [2.05, 4.69) is 6.92 Å². The Labute approximate surface area is 195 Å². The second-order valence-electron chi connectivity index (χ2n) is 7.64. The smallest absolute Gasteiger partial charge is 0.267 e. The van der Waals surface area contributed by atoms with Crippen molar-refractivity contribution in [3.8, 4) is 17.2 Å². The Hall–Kier alpha value is -2.77. The van der Waals surface area contributed by atoms with Gasteiger partial charge in [-0.15, -0.1) is 11.3 Å². The molecule has 4 aromatic rings. The number of nitrogens with zero attached hydrogens (tertiary/aromatic N) is 2. The van der Waals surface area contributed by atoms with Gasteiger partial charge in [0.2, 0.25) is 0 Å². The van der Waals surface area contributed by atoms with Crippen LogP contribution in [0.1, 0.15) is 28.5 Å². The van der Waals surface area contributed by atoms with Crippen molar-refractivity contribution in [2.45, 2.75) is 39.3 Å². The number of ether oxygens (including phenoxy) is 1. The third-order valence-electron chi connectivity index (χ3n) is 5.44. The van der Waals surface area contributed by atoms with Crippen LogP contribution in [-0.4, -0.2) is 27.0 Å². The van der Waals surface area contributed by atoms with Gasteiger partial charge in [0.05, 0.1) is 17.7 Å². The normalized spacial score (nSPS) is 11.2. The van der Waals surface area contributed by atoms with Crippen LogP contribution in [0.25, 0.3) is 15.9 Å². The lowest BCUT2D eigenvalue weighted by atomic mass is 10.1. The molecular weight excluding hydrogens is 440 g/mol. The molecule has 0 saturated carbocycles. The van der Waals surface area contributed by atoms with Gasteiger partial charge in [-0.1, -0.05) is 36.9 Å². The predicted molar refractivity (Wildman–Crippen MR) is 133 cm³/mol. The van der Waals surface area contributed by atoms with E-state index in [0.29, 0.717) is 22.9 Å². The van der Waals surface area contributed by atoms with Crippen LogP contribution >= 0.6 is 23.1 Å². The Morgan fingerprint density at radius 2 is 1.91 bits per heavy atom. The fourth-order valence-corrected chi connectivity index (χ4v) is 5.80. The highest BCUT2D eigenvalue weighted by molar-refractivity contribution is 7.99. The van der Waals surface area contributed by atoms with Crippen molar-refractivity contribution in [2.24, 2.45) is 0 Å². The van der Waals surface area contributed by atoms with Crippen molar-refractivity contribution in [3.63, 3.8) is 0 Å². The fourth-order valence-electron chi connectivity index (χ4n) is 3.83. The molecule has 4 rings (SSSR count). The van der Waals surface area contributed by atoms with Gasteiger partial charge in [-0.2, -0.15) is 0 Å². The average Bonchev–Trinajstić information content (AvgIpc) is 3.08. The molecule has 0 spiro atoms. The summed E-state index contributed by atoms with van der Waals surface area (Å²) >= 11 is 3.07. The van der Waals surface area contributed by atoms with Gasteiger partial charge in [-0.05, 0) is 68.1 Å². The minimum Gasteiger partial charge on any atom is -0.508 e. The molecule has 0 atom stereocenters. The van der Waals surface area contributed by atoms with Gasteiger partial charge in [0, 0.05) is 10.6 Å². The molecule has 166 valence electrons. The summed E-state index contributed by atoms with van der Waals surface area (Å²) in [5.74, 6) is 1.69. The number of aromatic nitrogens is 2. The van der Waals surface area contributed by atoms with Crippen LogP contribution in [0.4, 0.5) is 0 Å². The van der Waals surface area contributed by atoms with Crippen molar-refractivity contribution in [3.05, 3.63) is 74.4 Å². The largest absolute Gasteiger partial charge is 0.508 e. The first kappa shape index (κ1) is 22.4. The average molecular weight is 467 g/mol. The van der Waals surface area contributed by atoms with E-state index in [0.717, 1.165) is 44.3 Å². The number of hydrogen-bond donors (Lipinski definition) is 1. The number of rotatable bonds is 7. The number of para-hydroxylation sites is 1. The van der Waals surface area contributed by atoms with Crippen LogP contribution in [-0.2, 0) is 6.42 Å². The van der Waals surface area contributed by atoms with Gasteiger partial charge in [-0.25, -0.2) is 4.98 Å². The molecule has 0 saturated heterocycles. The van der Waals surface area contributed by atoms with Gasteiger partial charge in [0.25, 0.3) is 5.56 Å². The monoisotopic (exact) mass is 466 g/mol. The minimum atomic E-state index is -0.0627. The first-order valence-corrected chi connectivity index (χ1v) is 12.4. The van der Waals surface area contributed by atoms with Gasteiger partial charge in [0.15, 0.2) is 5.16 Å². The maximum absolute atomic E-state index is 13.7. The molecule has 0 aliphatic carbocycles. The number of benzene rings is 2. The van der Waals surface area contributed by atoms with Gasteiger partial charge in [-0.3, -0.25) is 9.36 Å². The summed E-state index contributed by atoms with van der Waals surface area (Å²) in [6.07, 6.45) is 0.786. The molecule has 2 aromatic heterocycles. The molecule has 32 heavy (non-hydrogen) atoms. The maximum atomic E-state index is 13.7. The van der Waals surface area contributed by atoms with E-state index in [1.54, 1.807) is 34.1 Å². The number of fused-ring (bicyclic) bond motifs is 1. The van der Waals surface area contributed by atoms with E-state index in [1.165, 1.54) is 11.8 Å². The topological polar surface area (TPSA) is 64.3 Å². The SMILES string of the molecule is CCc1c(C)sc2nc(SCCOc3ccccc3C)n(-c3ccc(O)cc3C)c(=O)c12. The third-order valence-corrected chi connectivity index (χ3v) is 7.38. The van der Waals surface area contributed by atoms with E-state index < -0.39 is 0 Å². The Morgan fingerprint density at radius 1 is 1.12 bits per heavy atom. The minimum absolute atomic E-state index is 0.0627. The van der Waals surface area contributed by atoms with Crippen LogP contribution in [0.15, 0.2) is 52.4 Å². The quantitative estimate of drug-likeness (QED) is 0.211. The van der Waals surface area contributed by atoms with Crippen LogP contribution in [0.3, 0.4) is 0 Å². The Bertz CT molecular complexity index is 1340. The van der Waals surface area contributed by atoms with E-state index in [9.17, 15) is 9.90 Å². The van der Waals surface area contributed by atoms with Gasteiger partial charge < -0.3 is 9.84 Å². The molecule has 0 bridgehead atoms. The van der Waals surface area contributed by atoms with Crippen molar-refractivity contribution < 1.29 is 9.84 Å². The lowest BCUT2D eigenvalue weighted by molar-refractivity contribution is 0.341. The first-order chi connectivity index (χ1) is 15.4. The number of aromatic hydroxyl groups is 1. The van der Waals surface area contributed by atoms with Crippen molar-refractivity contribution >= 4 is 33.3 Å². The van der Waals surface area contributed by atoms with E-state index in [-0.39, 0.29) is 11.3 Å². The number of hydrogen-bond acceptors (Lipinski definition) is 6. The second kappa shape index (κ2) is 9.38. The van der Waals surface area contributed by atoms with Crippen LogP contribution in [0.2, 0.25) is 0 Å². The summed E-state index contributed by atoms with van der Waals surface area (Å²) in [6, 6.07) is 13.0. The first-order valence-electron chi connectivity index (χ1n) is 10.6. The van der Waals surface area contributed by atoms with E-state index in [4.69, 9.17) is 9.72 Å². The molecule has 2 aromatic carbocycles. The van der Waals surface area contributed by atoms with Gasteiger partial charge >= 0.3 is 0 Å². The lowest BCUT2D eigenvalue weighted by Gasteiger charge is -2.15. The highest BCUT2D eigenvalue weighted by atomic mass is 32.2. The second-order valence-corrected chi connectivity index (χ2v) is 9.90. The van der Waals surface area contributed by atoms with Crippen LogP contribution < -0.4 is 10.3 Å². The Balaban J connectivity index is 1.73. The molecule has 2 heterocycles. The summed E-state index contributed by atoms with van der Waals surface area (Å²) in [5.41, 5.74) is 3.64. The summed E-state index contributed by atoms with van der Waals surface area (Å²) in [5, 5.41) is 11.2. The predicted octanol–water partition coefficient (Wildman–Crippen LogP) is 5.81. The molecule has 0 fully saturated rings. The highest BCUT2D eigenvalue weighted by Crippen LogP contribution is 2.31. The van der Waals surface area contributed by atoms with Crippen LogP contribution in [0.5, 0.6) is 11.5 Å². The molecule has 5 nitrogen and oxygen atoms in total. The number of aryl methyl sites for hydroxylation is 4. The zero-order valence-corrected chi connectivity index (χ0v) is 20.3. The molecule has 0 amide bonds. The zero-order valence-electron chi connectivity index (χ0n) is 18.6.